The minimum atomic E-state index is -0.639. The molecule has 0 amide bonds. The lowest BCUT2D eigenvalue weighted by Gasteiger charge is -2.07. The van der Waals surface area contributed by atoms with Crippen LogP contribution in [0.4, 0.5) is 0 Å². The third-order valence-corrected chi connectivity index (χ3v) is 3.81. The summed E-state index contributed by atoms with van der Waals surface area (Å²) in [7, 11) is 0. The first-order valence-electron chi connectivity index (χ1n) is 7.44. The van der Waals surface area contributed by atoms with Gasteiger partial charge in [0.15, 0.2) is 0 Å². The van der Waals surface area contributed by atoms with Crippen LogP contribution in [0.3, 0.4) is 0 Å². The Balaban J connectivity index is 1.57. The number of hydrogen-bond acceptors (Lipinski definition) is 4. The number of benzene rings is 3. The Bertz CT molecular complexity index is 928. The van der Waals surface area contributed by atoms with Gasteiger partial charge in [-0.05, 0) is 41.5 Å². The van der Waals surface area contributed by atoms with Gasteiger partial charge in [0, 0.05) is 0 Å². The topological polar surface area (TPSA) is 52.6 Å². The number of carbonyl (C=O) groups is 2. The number of hydrogen-bond donors (Lipinski definition) is 0. The second-order valence-corrected chi connectivity index (χ2v) is 5.38. The van der Waals surface area contributed by atoms with Crippen LogP contribution >= 0.6 is 0 Å². The number of carbonyl (C=O) groups excluding carboxylic acids is 2. The van der Waals surface area contributed by atoms with E-state index < -0.39 is 11.9 Å². The van der Waals surface area contributed by atoms with E-state index in [9.17, 15) is 9.59 Å². The second-order valence-electron chi connectivity index (χ2n) is 5.38. The summed E-state index contributed by atoms with van der Waals surface area (Å²) in [4.78, 5) is 23.0. The highest BCUT2D eigenvalue weighted by molar-refractivity contribution is 6.14. The highest BCUT2D eigenvalue weighted by Gasteiger charge is 2.29. The van der Waals surface area contributed by atoms with E-state index in [4.69, 9.17) is 4.74 Å². The van der Waals surface area contributed by atoms with Crippen molar-refractivity contribution in [2.75, 3.05) is 0 Å². The average Bonchev–Trinajstić information content (AvgIpc) is 2.90. The Labute approximate surface area is 138 Å². The number of fused-ring (bicyclic) bond motifs is 1. The van der Waals surface area contributed by atoms with Gasteiger partial charge in [0.25, 0.3) is 0 Å². The van der Waals surface area contributed by atoms with Crippen LogP contribution in [0.5, 0.6) is 11.5 Å². The zero-order chi connectivity index (χ0) is 16.5. The molecule has 0 aliphatic carbocycles. The SMILES string of the molecule is O=C1OC(=O)c2cc(Oc3ccc(-c4ccccc4)cc3)ccc21. The second kappa shape index (κ2) is 5.66. The lowest BCUT2D eigenvalue weighted by atomic mass is 10.1. The molecule has 3 aromatic carbocycles. The summed E-state index contributed by atoms with van der Waals surface area (Å²) >= 11 is 0. The largest absolute Gasteiger partial charge is 0.457 e. The zero-order valence-corrected chi connectivity index (χ0v) is 12.6. The minimum Gasteiger partial charge on any atom is -0.457 e. The lowest BCUT2D eigenvalue weighted by Crippen LogP contribution is -1.96. The predicted molar refractivity (Wildman–Crippen MR) is 88.1 cm³/mol. The molecule has 0 spiro atoms. The standard InChI is InChI=1S/C20H12O4/c21-19-17-11-10-16(12-18(17)20(22)24-19)23-15-8-6-14(7-9-15)13-4-2-1-3-5-13/h1-12H. The zero-order valence-electron chi connectivity index (χ0n) is 12.6. The van der Waals surface area contributed by atoms with Crippen molar-refractivity contribution in [3.05, 3.63) is 83.9 Å². The fraction of sp³-hybridized carbons (Fsp3) is 0. The highest BCUT2D eigenvalue weighted by Crippen LogP contribution is 2.29. The monoisotopic (exact) mass is 316 g/mol. The van der Waals surface area contributed by atoms with Crippen LogP contribution in [-0.2, 0) is 4.74 Å². The number of esters is 2. The molecule has 0 aromatic heterocycles. The van der Waals surface area contributed by atoms with Crippen LogP contribution in [0.15, 0.2) is 72.8 Å². The van der Waals surface area contributed by atoms with Crippen molar-refractivity contribution in [1.29, 1.82) is 0 Å². The van der Waals surface area contributed by atoms with Gasteiger partial charge in [0.1, 0.15) is 11.5 Å². The van der Waals surface area contributed by atoms with E-state index in [-0.39, 0.29) is 11.1 Å². The molecule has 1 aliphatic rings. The number of cyclic esters (lactones) is 2. The van der Waals surface area contributed by atoms with Gasteiger partial charge in [-0.3, -0.25) is 0 Å². The highest BCUT2D eigenvalue weighted by atomic mass is 16.6. The van der Waals surface area contributed by atoms with Crippen molar-refractivity contribution in [2.45, 2.75) is 0 Å². The van der Waals surface area contributed by atoms with Gasteiger partial charge in [0.05, 0.1) is 11.1 Å². The quantitative estimate of drug-likeness (QED) is 0.529. The van der Waals surface area contributed by atoms with Crippen LogP contribution in [0.25, 0.3) is 11.1 Å². The molecule has 4 heteroatoms. The third-order valence-electron chi connectivity index (χ3n) is 3.81. The normalized spacial score (nSPS) is 12.7. The van der Waals surface area contributed by atoms with Crippen molar-refractivity contribution >= 4 is 11.9 Å². The van der Waals surface area contributed by atoms with Gasteiger partial charge in [0.2, 0.25) is 0 Å². The smallest absolute Gasteiger partial charge is 0.347 e. The maximum Gasteiger partial charge on any atom is 0.347 e. The number of ether oxygens (including phenoxy) is 2. The lowest BCUT2D eigenvalue weighted by molar-refractivity contribution is 0.0443. The van der Waals surface area contributed by atoms with E-state index in [2.05, 4.69) is 4.74 Å². The van der Waals surface area contributed by atoms with Gasteiger partial charge in [-0.15, -0.1) is 0 Å². The molecule has 24 heavy (non-hydrogen) atoms. The summed E-state index contributed by atoms with van der Waals surface area (Å²) in [5.74, 6) is -0.131. The van der Waals surface area contributed by atoms with Crippen molar-refractivity contribution in [3.63, 3.8) is 0 Å². The van der Waals surface area contributed by atoms with E-state index in [0.717, 1.165) is 11.1 Å². The summed E-state index contributed by atoms with van der Waals surface area (Å²) in [6, 6.07) is 22.4. The molecule has 0 bridgehead atoms. The summed E-state index contributed by atoms with van der Waals surface area (Å²) in [5, 5.41) is 0. The van der Waals surface area contributed by atoms with E-state index in [0.29, 0.717) is 11.5 Å². The molecule has 116 valence electrons. The minimum absolute atomic E-state index is 0.235. The Morgan fingerprint density at radius 2 is 1.25 bits per heavy atom. The van der Waals surface area contributed by atoms with Crippen LogP contribution in [0.1, 0.15) is 20.7 Å². The van der Waals surface area contributed by atoms with E-state index in [1.807, 2.05) is 54.6 Å². The van der Waals surface area contributed by atoms with Crippen molar-refractivity contribution in [3.8, 4) is 22.6 Å². The Morgan fingerprint density at radius 3 is 2.00 bits per heavy atom. The molecular formula is C20H12O4. The summed E-state index contributed by atoms with van der Waals surface area (Å²) in [5.41, 5.74) is 2.72. The van der Waals surface area contributed by atoms with Crippen LogP contribution in [-0.4, -0.2) is 11.9 Å². The first-order chi connectivity index (χ1) is 11.7. The molecule has 1 aliphatic heterocycles. The predicted octanol–water partition coefficient (Wildman–Crippen LogP) is 4.46. The number of rotatable bonds is 3. The molecule has 0 N–H and O–H groups in total. The molecule has 4 nitrogen and oxygen atoms in total. The first-order valence-corrected chi connectivity index (χ1v) is 7.44. The summed E-state index contributed by atoms with van der Waals surface area (Å²) in [6.45, 7) is 0. The molecule has 3 aromatic rings. The average molecular weight is 316 g/mol. The van der Waals surface area contributed by atoms with Gasteiger partial charge >= 0.3 is 11.9 Å². The fourth-order valence-corrected chi connectivity index (χ4v) is 2.61. The molecule has 0 saturated carbocycles. The van der Waals surface area contributed by atoms with E-state index in [1.54, 1.807) is 6.07 Å². The van der Waals surface area contributed by atoms with Gasteiger partial charge in [-0.1, -0.05) is 42.5 Å². The summed E-state index contributed by atoms with van der Waals surface area (Å²) in [6.07, 6.45) is 0. The van der Waals surface area contributed by atoms with Gasteiger partial charge in [-0.2, -0.15) is 0 Å². The van der Waals surface area contributed by atoms with E-state index in [1.165, 1.54) is 12.1 Å². The molecule has 0 unspecified atom stereocenters. The van der Waals surface area contributed by atoms with Crippen LogP contribution in [0, 0.1) is 0 Å². The van der Waals surface area contributed by atoms with Crippen molar-refractivity contribution in [2.24, 2.45) is 0 Å². The third kappa shape index (κ3) is 2.54. The fourth-order valence-electron chi connectivity index (χ4n) is 2.61. The molecule has 4 rings (SSSR count). The molecule has 0 radical (unpaired) electrons. The Kier molecular flexibility index (Phi) is 3.35. The Hall–Kier alpha value is -3.40. The molecular weight excluding hydrogens is 304 g/mol. The van der Waals surface area contributed by atoms with Crippen molar-refractivity contribution in [1.82, 2.24) is 0 Å². The molecule has 1 heterocycles. The maximum absolute atomic E-state index is 11.6. The molecule has 0 saturated heterocycles. The maximum atomic E-state index is 11.6. The molecule has 0 atom stereocenters. The summed E-state index contributed by atoms with van der Waals surface area (Å²) < 4.78 is 10.3. The molecule has 0 fully saturated rings. The van der Waals surface area contributed by atoms with Crippen molar-refractivity contribution < 1.29 is 19.1 Å². The van der Waals surface area contributed by atoms with Crippen LogP contribution < -0.4 is 4.74 Å². The van der Waals surface area contributed by atoms with Crippen LogP contribution in [0.2, 0.25) is 0 Å². The van der Waals surface area contributed by atoms with Gasteiger partial charge in [-0.25, -0.2) is 9.59 Å². The van der Waals surface area contributed by atoms with E-state index >= 15 is 0 Å². The first kappa shape index (κ1) is 14.2. The Morgan fingerprint density at radius 1 is 0.625 bits per heavy atom. The van der Waals surface area contributed by atoms with Gasteiger partial charge < -0.3 is 9.47 Å².